The van der Waals surface area contributed by atoms with Gasteiger partial charge in [0.2, 0.25) is 0 Å². The van der Waals surface area contributed by atoms with Gasteiger partial charge >= 0.3 is 0 Å². The number of ketones is 1. The Morgan fingerprint density at radius 2 is 2.00 bits per heavy atom. The lowest BCUT2D eigenvalue weighted by atomic mass is 9.98. The second-order valence-corrected chi connectivity index (χ2v) is 6.47. The maximum absolute atomic E-state index is 12.8. The molecule has 0 bridgehead atoms. The molecule has 0 saturated heterocycles. The first kappa shape index (κ1) is 18.3. The Morgan fingerprint density at radius 1 is 1.19 bits per heavy atom. The van der Waals surface area contributed by atoms with Crippen LogP contribution in [0, 0.1) is 0 Å². The van der Waals surface area contributed by atoms with E-state index in [1.54, 1.807) is 38.5 Å². The van der Waals surface area contributed by atoms with Gasteiger partial charge in [0.1, 0.15) is 18.1 Å². The first-order valence-corrected chi connectivity index (χ1v) is 8.93. The summed E-state index contributed by atoms with van der Waals surface area (Å²) in [6, 6.07) is 8.93. The number of halogens is 1. The molecule has 0 fully saturated rings. The molecule has 2 aromatic carbocycles. The van der Waals surface area contributed by atoms with E-state index in [0.717, 1.165) is 10.0 Å². The minimum absolute atomic E-state index is 0.0749. The summed E-state index contributed by atoms with van der Waals surface area (Å²) in [6.45, 7) is 2.65. The summed E-state index contributed by atoms with van der Waals surface area (Å²) in [6.07, 6.45) is 1.80. The van der Waals surface area contributed by atoms with Gasteiger partial charge in [-0.25, -0.2) is 0 Å². The number of rotatable bonds is 5. The van der Waals surface area contributed by atoms with E-state index < -0.39 is 0 Å². The van der Waals surface area contributed by atoms with E-state index in [2.05, 4.69) is 15.9 Å². The lowest BCUT2D eigenvalue weighted by Gasteiger charge is -2.19. The summed E-state index contributed by atoms with van der Waals surface area (Å²) in [5.74, 6) is 2.35. The van der Waals surface area contributed by atoms with Gasteiger partial charge in [0, 0.05) is 5.57 Å². The van der Waals surface area contributed by atoms with E-state index in [-0.39, 0.29) is 12.4 Å². The second-order valence-electron chi connectivity index (χ2n) is 5.62. The van der Waals surface area contributed by atoms with Crippen LogP contribution in [0.25, 0.3) is 6.08 Å². The van der Waals surface area contributed by atoms with Crippen molar-refractivity contribution >= 4 is 27.8 Å². The Kier molecular flexibility index (Phi) is 5.52. The van der Waals surface area contributed by atoms with E-state index in [0.29, 0.717) is 40.7 Å². The van der Waals surface area contributed by atoms with Crippen LogP contribution in [0.15, 0.2) is 40.4 Å². The van der Waals surface area contributed by atoms with Crippen LogP contribution in [0.1, 0.15) is 22.8 Å². The third-order valence-electron chi connectivity index (χ3n) is 3.99. The predicted octanol–water partition coefficient (Wildman–Crippen LogP) is 4.52. The second kappa shape index (κ2) is 7.83. The monoisotopic (exact) mass is 418 g/mol. The molecule has 6 heteroatoms. The largest absolute Gasteiger partial charge is 0.497 e. The molecule has 1 aliphatic rings. The highest BCUT2D eigenvalue weighted by molar-refractivity contribution is 9.10. The molecule has 0 unspecified atom stereocenters. The number of Topliss-reactive ketones (excluding diaryl/α,β-unsaturated/α-hetero) is 1. The molecule has 2 aromatic rings. The number of fused-ring (bicyclic) bond motifs is 1. The van der Waals surface area contributed by atoms with Gasteiger partial charge in [0.15, 0.2) is 17.3 Å². The van der Waals surface area contributed by atoms with Gasteiger partial charge in [0.25, 0.3) is 0 Å². The van der Waals surface area contributed by atoms with Crippen LogP contribution in [0.3, 0.4) is 0 Å². The van der Waals surface area contributed by atoms with E-state index in [9.17, 15) is 4.79 Å². The molecule has 0 aliphatic carbocycles. The number of carbonyl (C=O) groups is 1. The molecular formula is C20H19BrO5. The molecule has 0 spiro atoms. The first-order valence-electron chi connectivity index (χ1n) is 8.13. The van der Waals surface area contributed by atoms with Gasteiger partial charge in [-0.1, -0.05) is 0 Å². The van der Waals surface area contributed by atoms with Gasteiger partial charge in [0.05, 0.1) is 30.9 Å². The molecule has 0 saturated carbocycles. The Labute approximate surface area is 160 Å². The summed E-state index contributed by atoms with van der Waals surface area (Å²) in [5, 5.41) is 0. The highest BCUT2D eigenvalue weighted by atomic mass is 79.9. The highest BCUT2D eigenvalue weighted by Crippen LogP contribution is 2.38. The number of ether oxygens (including phenoxy) is 4. The number of carbonyl (C=O) groups excluding carboxylic acids is 1. The highest BCUT2D eigenvalue weighted by Gasteiger charge is 2.24. The number of hydrogen-bond donors (Lipinski definition) is 0. The number of hydrogen-bond acceptors (Lipinski definition) is 5. The quantitative estimate of drug-likeness (QED) is 0.667. The van der Waals surface area contributed by atoms with Crippen molar-refractivity contribution in [2.45, 2.75) is 6.92 Å². The average molecular weight is 419 g/mol. The fourth-order valence-electron chi connectivity index (χ4n) is 2.75. The Balaban J connectivity index is 1.98. The molecule has 5 nitrogen and oxygen atoms in total. The standard InChI is InChI=1S/C20H19BrO5/c1-4-25-20-16(21)8-12(9-18(20)24-3)7-13-11-26-17-6-5-14(23-2)10-15(17)19(13)22/h5-10H,4,11H2,1-3H3/b13-7+. The smallest absolute Gasteiger partial charge is 0.196 e. The van der Waals surface area contributed by atoms with Crippen LogP contribution < -0.4 is 18.9 Å². The van der Waals surface area contributed by atoms with Crippen molar-refractivity contribution in [3.05, 3.63) is 51.5 Å². The van der Waals surface area contributed by atoms with E-state index in [1.807, 2.05) is 19.1 Å². The molecule has 0 N–H and O–H groups in total. The first-order chi connectivity index (χ1) is 12.6. The van der Waals surface area contributed by atoms with E-state index >= 15 is 0 Å². The maximum atomic E-state index is 12.8. The summed E-state index contributed by atoms with van der Waals surface area (Å²) < 4.78 is 22.7. The fraction of sp³-hybridized carbons (Fsp3) is 0.250. The summed E-state index contributed by atoms with van der Waals surface area (Å²) in [5.41, 5.74) is 1.87. The zero-order valence-corrected chi connectivity index (χ0v) is 16.4. The minimum atomic E-state index is -0.0749. The molecule has 3 rings (SSSR count). The SMILES string of the molecule is CCOc1c(Br)cc(/C=C2\COc3ccc(OC)cc3C2=O)cc1OC. The van der Waals surface area contributed by atoms with Crippen molar-refractivity contribution in [1.82, 2.24) is 0 Å². The molecule has 0 amide bonds. The third kappa shape index (κ3) is 3.55. The normalized spacial score (nSPS) is 14.6. The van der Waals surface area contributed by atoms with Gasteiger partial charge in [-0.3, -0.25) is 4.79 Å². The van der Waals surface area contributed by atoms with Gasteiger partial charge in [-0.05, 0) is 64.8 Å². The van der Waals surface area contributed by atoms with Crippen LogP contribution in [-0.4, -0.2) is 33.2 Å². The van der Waals surface area contributed by atoms with E-state index in [4.69, 9.17) is 18.9 Å². The Hall–Kier alpha value is -2.47. The van der Waals surface area contributed by atoms with Crippen molar-refractivity contribution < 1.29 is 23.7 Å². The number of benzene rings is 2. The van der Waals surface area contributed by atoms with Crippen molar-refractivity contribution in [2.24, 2.45) is 0 Å². The Morgan fingerprint density at radius 3 is 2.69 bits per heavy atom. The lowest BCUT2D eigenvalue weighted by molar-refractivity contribution is 0.100. The topological polar surface area (TPSA) is 54.0 Å². The molecule has 0 radical (unpaired) electrons. The van der Waals surface area contributed by atoms with Gasteiger partial charge in [-0.2, -0.15) is 0 Å². The number of methoxy groups -OCH3 is 2. The molecule has 136 valence electrons. The summed E-state index contributed by atoms with van der Waals surface area (Å²) >= 11 is 3.50. The van der Waals surface area contributed by atoms with Gasteiger partial charge < -0.3 is 18.9 Å². The average Bonchev–Trinajstić information content (AvgIpc) is 2.65. The van der Waals surface area contributed by atoms with E-state index in [1.165, 1.54) is 0 Å². The molecule has 0 aromatic heterocycles. The molecule has 0 atom stereocenters. The van der Waals surface area contributed by atoms with Crippen LogP contribution in [0.4, 0.5) is 0 Å². The zero-order valence-electron chi connectivity index (χ0n) is 14.8. The maximum Gasteiger partial charge on any atom is 0.196 e. The Bertz CT molecular complexity index is 873. The molecule has 1 heterocycles. The fourth-order valence-corrected chi connectivity index (χ4v) is 3.32. The molecule has 1 aliphatic heterocycles. The van der Waals surface area contributed by atoms with Crippen LogP contribution in [0.5, 0.6) is 23.0 Å². The van der Waals surface area contributed by atoms with Crippen molar-refractivity contribution in [2.75, 3.05) is 27.4 Å². The van der Waals surface area contributed by atoms with Crippen LogP contribution >= 0.6 is 15.9 Å². The third-order valence-corrected chi connectivity index (χ3v) is 4.58. The van der Waals surface area contributed by atoms with Crippen molar-refractivity contribution in [3.8, 4) is 23.0 Å². The summed E-state index contributed by atoms with van der Waals surface area (Å²) in [7, 11) is 3.15. The van der Waals surface area contributed by atoms with Crippen LogP contribution in [0.2, 0.25) is 0 Å². The minimum Gasteiger partial charge on any atom is -0.497 e. The van der Waals surface area contributed by atoms with Crippen molar-refractivity contribution in [3.63, 3.8) is 0 Å². The van der Waals surface area contributed by atoms with Gasteiger partial charge in [-0.15, -0.1) is 0 Å². The predicted molar refractivity (Wildman–Crippen MR) is 103 cm³/mol. The van der Waals surface area contributed by atoms with Crippen molar-refractivity contribution in [1.29, 1.82) is 0 Å². The molecule has 26 heavy (non-hydrogen) atoms. The zero-order chi connectivity index (χ0) is 18.7. The lowest BCUT2D eigenvalue weighted by Crippen LogP contribution is -2.19. The van der Waals surface area contributed by atoms with Crippen LogP contribution in [-0.2, 0) is 0 Å². The summed E-state index contributed by atoms with van der Waals surface area (Å²) in [4.78, 5) is 12.8. The molecular weight excluding hydrogens is 400 g/mol.